The fraction of sp³-hybridized carbons (Fsp3) is 0.625. The highest BCUT2D eigenvalue weighted by molar-refractivity contribution is 7.97. The molecule has 1 aromatic carbocycles. The Morgan fingerprint density at radius 3 is 2.80 bits per heavy atom. The van der Waals surface area contributed by atoms with Crippen molar-refractivity contribution >= 4 is 28.7 Å². The van der Waals surface area contributed by atoms with Gasteiger partial charge in [-0.25, -0.2) is 4.79 Å². The lowest BCUT2D eigenvalue weighted by atomic mass is 9.73. The van der Waals surface area contributed by atoms with Crippen LogP contribution in [0.15, 0.2) is 18.2 Å². The minimum absolute atomic E-state index is 0.0820. The number of rotatable bonds is 7. The molecule has 0 radical (unpaired) electrons. The predicted molar refractivity (Wildman–Crippen MR) is 127 cm³/mol. The topological polar surface area (TPSA) is 51.4 Å². The second-order valence-corrected chi connectivity index (χ2v) is 9.58. The molecule has 2 amide bonds. The van der Waals surface area contributed by atoms with Gasteiger partial charge in [-0.2, -0.15) is 11.8 Å². The number of nitrogens with zero attached hydrogens (tertiary/aromatic N) is 2. The van der Waals surface area contributed by atoms with E-state index in [1.54, 1.807) is 0 Å². The Hall–Kier alpha value is -1.66. The Kier molecular flexibility index (Phi) is 6.63. The fourth-order valence-electron chi connectivity index (χ4n) is 5.65. The van der Waals surface area contributed by atoms with Crippen LogP contribution in [0.3, 0.4) is 0 Å². The molecule has 0 spiro atoms. The van der Waals surface area contributed by atoms with Crippen LogP contribution in [0.25, 0.3) is 10.9 Å². The minimum Gasteiger partial charge on any atom is -0.357 e. The Labute approximate surface area is 185 Å². The zero-order chi connectivity index (χ0) is 21.3. The number of urea groups is 1. The molecule has 1 aromatic heterocycles. The van der Waals surface area contributed by atoms with E-state index in [4.69, 9.17) is 0 Å². The number of amides is 2. The number of piperidine rings is 1. The van der Waals surface area contributed by atoms with Crippen LogP contribution in [0.5, 0.6) is 0 Å². The molecule has 6 heteroatoms. The molecule has 1 saturated heterocycles. The van der Waals surface area contributed by atoms with Crippen LogP contribution in [0.4, 0.5) is 4.79 Å². The SMILES string of the molecule is CCCN1C[C@@H](NC(=O)N(CC)CC)C[C@@H]2c3cccc4[nH]c(CSC)c(c34)C[C@H]21. The van der Waals surface area contributed by atoms with Gasteiger partial charge in [-0.3, -0.25) is 4.90 Å². The normalized spacial score (nSPS) is 23.4. The van der Waals surface area contributed by atoms with Crippen LogP contribution in [-0.4, -0.2) is 65.3 Å². The lowest BCUT2D eigenvalue weighted by Gasteiger charge is -2.47. The Morgan fingerprint density at radius 2 is 2.10 bits per heavy atom. The van der Waals surface area contributed by atoms with Gasteiger partial charge in [0.2, 0.25) is 0 Å². The van der Waals surface area contributed by atoms with Gasteiger partial charge in [-0.15, -0.1) is 0 Å². The van der Waals surface area contributed by atoms with Crippen molar-refractivity contribution in [2.24, 2.45) is 0 Å². The summed E-state index contributed by atoms with van der Waals surface area (Å²) in [5.74, 6) is 1.51. The minimum atomic E-state index is 0.0820. The first-order valence-electron chi connectivity index (χ1n) is 11.5. The molecule has 2 aromatic rings. The van der Waals surface area contributed by atoms with Crippen molar-refractivity contribution in [3.63, 3.8) is 0 Å². The molecule has 2 aliphatic rings. The highest BCUT2D eigenvalue weighted by Gasteiger charge is 2.41. The summed E-state index contributed by atoms with van der Waals surface area (Å²) in [7, 11) is 0. The molecule has 3 atom stereocenters. The second kappa shape index (κ2) is 9.23. The van der Waals surface area contributed by atoms with Gasteiger partial charge in [-0.1, -0.05) is 19.1 Å². The number of carbonyl (C=O) groups excluding carboxylic acids is 1. The number of fused-ring (bicyclic) bond motifs is 2. The zero-order valence-corrected chi connectivity index (χ0v) is 19.6. The molecule has 164 valence electrons. The molecular weight excluding hydrogens is 392 g/mol. The van der Waals surface area contributed by atoms with E-state index in [0.29, 0.717) is 12.0 Å². The molecule has 1 aliphatic heterocycles. The number of aromatic nitrogens is 1. The summed E-state index contributed by atoms with van der Waals surface area (Å²) in [5, 5.41) is 4.81. The van der Waals surface area contributed by atoms with Crippen molar-refractivity contribution < 1.29 is 4.79 Å². The van der Waals surface area contributed by atoms with Crippen molar-refractivity contribution in [3.05, 3.63) is 35.0 Å². The lowest BCUT2D eigenvalue weighted by molar-refractivity contribution is 0.0979. The number of nitrogens with one attached hydrogen (secondary N) is 2. The third-order valence-corrected chi connectivity index (χ3v) is 7.54. The van der Waals surface area contributed by atoms with Crippen molar-refractivity contribution in [2.75, 3.05) is 32.4 Å². The van der Waals surface area contributed by atoms with E-state index < -0.39 is 0 Å². The van der Waals surface area contributed by atoms with E-state index in [2.05, 4.69) is 46.6 Å². The third kappa shape index (κ3) is 3.84. The van der Waals surface area contributed by atoms with Crippen molar-refractivity contribution in [1.29, 1.82) is 0 Å². The summed E-state index contributed by atoms with van der Waals surface area (Å²) in [5.41, 5.74) is 5.69. The van der Waals surface area contributed by atoms with Crippen LogP contribution >= 0.6 is 11.8 Å². The highest BCUT2D eigenvalue weighted by Crippen LogP contribution is 2.45. The van der Waals surface area contributed by atoms with Crippen molar-refractivity contribution in [1.82, 2.24) is 20.1 Å². The van der Waals surface area contributed by atoms with Gasteiger partial charge in [0.15, 0.2) is 0 Å². The average molecular weight is 429 g/mol. The monoisotopic (exact) mass is 428 g/mol. The summed E-state index contributed by atoms with van der Waals surface area (Å²) < 4.78 is 0. The maximum Gasteiger partial charge on any atom is 0.317 e. The second-order valence-electron chi connectivity index (χ2n) is 8.71. The van der Waals surface area contributed by atoms with Crippen LogP contribution in [-0.2, 0) is 12.2 Å². The quantitative estimate of drug-likeness (QED) is 0.679. The fourth-order valence-corrected chi connectivity index (χ4v) is 6.19. The van der Waals surface area contributed by atoms with Crippen molar-refractivity contribution in [2.45, 2.75) is 63.8 Å². The highest BCUT2D eigenvalue weighted by atomic mass is 32.2. The molecule has 1 aliphatic carbocycles. The van der Waals surface area contributed by atoms with E-state index in [0.717, 1.165) is 51.2 Å². The predicted octanol–water partition coefficient (Wildman–Crippen LogP) is 4.57. The smallest absolute Gasteiger partial charge is 0.317 e. The Balaban J connectivity index is 1.67. The van der Waals surface area contributed by atoms with Gasteiger partial charge in [0.05, 0.1) is 0 Å². The molecule has 2 heterocycles. The van der Waals surface area contributed by atoms with Gasteiger partial charge in [-0.05, 0) is 63.1 Å². The number of hydrogen-bond donors (Lipinski definition) is 2. The van der Waals surface area contributed by atoms with Gasteiger partial charge in [0.1, 0.15) is 0 Å². The molecule has 0 saturated carbocycles. The van der Waals surface area contributed by atoms with E-state index in [1.165, 1.54) is 27.7 Å². The number of likely N-dealkylation sites (tertiary alicyclic amines) is 1. The maximum atomic E-state index is 12.8. The van der Waals surface area contributed by atoms with Crippen LogP contribution in [0, 0.1) is 0 Å². The molecule has 2 N–H and O–H groups in total. The number of carbonyl (C=O) groups is 1. The molecule has 0 bridgehead atoms. The summed E-state index contributed by atoms with van der Waals surface area (Å²) in [4.78, 5) is 21.0. The van der Waals surface area contributed by atoms with E-state index >= 15 is 0 Å². The van der Waals surface area contributed by atoms with E-state index in [-0.39, 0.29) is 12.1 Å². The van der Waals surface area contributed by atoms with Crippen LogP contribution in [0.2, 0.25) is 0 Å². The summed E-state index contributed by atoms with van der Waals surface area (Å²) in [6.45, 7) is 9.91. The summed E-state index contributed by atoms with van der Waals surface area (Å²) in [6.07, 6.45) is 5.47. The average Bonchev–Trinajstić information content (AvgIpc) is 3.09. The van der Waals surface area contributed by atoms with E-state index in [1.807, 2.05) is 30.5 Å². The Bertz CT molecular complexity index is 891. The zero-order valence-electron chi connectivity index (χ0n) is 18.8. The third-order valence-electron chi connectivity index (χ3n) is 6.97. The molecule has 1 fully saturated rings. The molecule has 4 rings (SSSR count). The number of benzene rings is 1. The number of H-pyrrole nitrogens is 1. The van der Waals surface area contributed by atoms with Gasteiger partial charge < -0.3 is 15.2 Å². The number of aromatic amines is 1. The van der Waals surface area contributed by atoms with Crippen LogP contribution in [0.1, 0.15) is 56.4 Å². The summed E-state index contributed by atoms with van der Waals surface area (Å²) >= 11 is 1.89. The first-order chi connectivity index (χ1) is 14.6. The maximum absolute atomic E-state index is 12.8. The molecule has 5 nitrogen and oxygen atoms in total. The summed E-state index contributed by atoms with van der Waals surface area (Å²) in [6, 6.07) is 7.56. The number of thioether (sulfide) groups is 1. The van der Waals surface area contributed by atoms with Gasteiger partial charge in [0.25, 0.3) is 0 Å². The largest absolute Gasteiger partial charge is 0.357 e. The van der Waals surface area contributed by atoms with Crippen molar-refractivity contribution in [3.8, 4) is 0 Å². The van der Waals surface area contributed by atoms with Crippen LogP contribution < -0.4 is 5.32 Å². The molecule has 0 unspecified atom stereocenters. The standard InChI is InChI=1S/C24H36N4OS/c1-5-11-28-14-16(25-24(29)27(6-2)7-3)12-18-17-9-8-10-20-23(17)19(13-22(18)28)21(26-20)15-30-4/h8-10,16,18,22,26H,5-7,11-15H2,1-4H3,(H,25,29)/t16-,18+,22+/m0/s1. The molecular formula is C24H36N4OS. The van der Waals surface area contributed by atoms with Gasteiger partial charge >= 0.3 is 6.03 Å². The first-order valence-corrected chi connectivity index (χ1v) is 12.9. The lowest BCUT2D eigenvalue weighted by Crippen LogP contribution is -2.57. The Morgan fingerprint density at radius 1 is 1.30 bits per heavy atom. The first kappa shape index (κ1) is 21.6. The number of hydrogen-bond acceptors (Lipinski definition) is 3. The molecule has 30 heavy (non-hydrogen) atoms. The van der Waals surface area contributed by atoms with Gasteiger partial charge in [0, 0.05) is 60.0 Å². The van der Waals surface area contributed by atoms with E-state index in [9.17, 15) is 4.79 Å².